The molecule has 1 aliphatic heterocycles. The summed E-state index contributed by atoms with van der Waals surface area (Å²) in [6, 6.07) is 11.9. The summed E-state index contributed by atoms with van der Waals surface area (Å²) in [6.07, 6.45) is 1.82. The molecule has 148 valence electrons. The number of morpholine rings is 1. The van der Waals surface area contributed by atoms with Crippen LogP contribution in [0.1, 0.15) is 16.8 Å². The quantitative estimate of drug-likeness (QED) is 0.759. The molecule has 3 N–H and O–H groups in total. The van der Waals surface area contributed by atoms with Crippen LogP contribution < -0.4 is 11.1 Å². The van der Waals surface area contributed by atoms with Crippen molar-refractivity contribution in [2.75, 3.05) is 32.0 Å². The van der Waals surface area contributed by atoms with E-state index in [4.69, 9.17) is 10.5 Å². The van der Waals surface area contributed by atoms with Crippen LogP contribution in [0.3, 0.4) is 0 Å². The maximum absolute atomic E-state index is 12.0. The van der Waals surface area contributed by atoms with Gasteiger partial charge in [0.2, 0.25) is 5.91 Å². The predicted octanol–water partition coefficient (Wildman–Crippen LogP) is 2.20. The fourth-order valence-corrected chi connectivity index (χ4v) is 2.75. The third kappa shape index (κ3) is 7.72. The molecule has 1 amide bonds. The first-order chi connectivity index (χ1) is 12.2. The second kappa shape index (κ2) is 11.8. The molecule has 1 aliphatic rings. The second-order valence-electron chi connectivity index (χ2n) is 6.24. The molecule has 0 atom stereocenters. The number of rotatable bonds is 6. The van der Waals surface area contributed by atoms with E-state index in [1.165, 1.54) is 5.56 Å². The van der Waals surface area contributed by atoms with Crippen molar-refractivity contribution >= 4 is 36.4 Å². The number of hydrogen-bond donors (Lipinski definition) is 2. The number of halogens is 2. The molecule has 0 aliphatic carbocycles. The molecule has 0 spiro atoms. The summed E-state index contributed by atoms with van der Waals surface area (Å²) in [6.45, 7) is 5.05. The Balaban J connectivity index is 0.00000182. The SMILES string of the molecule is Cl.Cl.Nc1ccc(CC(=O)NCc2ccc(CN3CCOCC3)cc2)nc1. The molecule has 1 saturated heterocycles. The van der Waals surface area contributed by atoms with Gasteiger partial charge in [-0.05, 0) is 23.3 Å². The smallest absolute Gasteiger partial charge is 0.226 e. The summed E-state index contributed by atoms with van der Waals surface area (Å²) in [5.41, 5.74) is 9.27. The Kier molecular flexibility index (Phi) is 10.1. The second-order valence-corrected chi connectivity index (χ2v) is 6.24. The third-order valence-electron chi connectivity index (χ3n) is 4.21. The molecular weight excluding hydrogens is 387 g/mol. The fourth-order valence-electron chi connectivity index (χ4n) is 2.75. The van der Waals surface area contributed by atoms with Crippen LogP contribution in [0.25, 0.3) is 0 Å². The number of aromatic nitrogens is 1. The van der Waals surface area contributed by atoms with Gasteiger partial charge in [-0.15, -0.1) is 24.8 Å². The number of pyridine rings is 1. The molecule has 0 saturated carbocycles. The lowest BCUT2D eigenvalue weighted by atomic mass is 10.1. The maximum atomic E-state index is 12.0. The van der Waals surface area contributed by atoms with Gasteiger partial charge in [0.25, 0.3) is 0 Å². The number of carbonyl (C=O) groups excluding carboxylic acids is 1. The van der Waals surface area contributed by atoms with Gasteiger partial charge in [0, 0.05) is 31.9 Å². The van der Waals surface area contributed by atoms with E-state index in [1.54, 1.807) is 18.3 Å². The Bertz CT molecular complexity index is 690. The van der Waals surface area contributed by atoms with Crippen molar-refractivity contribution in [2.24, 2.45) is 0 Å². The van der Waals surface area contributed by atoms with E-state index in [2.05, 4.69) is 39.5 Å². The molecule has 8 heteroatoms. The van der Waals surface area contributed by atoms with Crippen molar-refractivity contribution in [3.8, 4) is 0 Å². The Morgan fingerprint density at radius 3 is 2.37 bits per heavy atom. The molecular formula is C19H26Cl2N4O2. The minimum Gasteiger partial charge on any atom is -0.397 e. The van der Waals surface area contributed by atoms with Crippen molar-refractivity contribution in [1.82, 2.24) is 15.2 Å². The van der Waals surface area contributed by atoms with Crippen LogP contribution in [-0.4, -0.2) is 42.1 Å². The van der Waals surface area contributed by atoms with Gasteiger partial charge >= 0.3 is 0 Å². The standard InChI is InChI=1S/C19H24N4O2.2ClH/c20-17-5-6-18(21-13-17)11-19(24)22-12-15-1-3-16(4-2-15)14-23-7-9-25-10-8-23;;/h1-6,13H,7-12,14,20H2,(H,22,24);2*1H. The average Bonchev–Trinajstić information content (AvgIpc) is 2.64. The Morgan fingerprint density at radius 2 is 1.74 bits per heavy atom. The van der Waals surface area contributed by atoms with Crippen LogP contribution in [0, 0.1) is 0 Å². The van der Waals surface area contributed by atoms with E-state index in [0.29, 0.717) is 17.9 Å². The number of nitrogens with one attached hydrogen (secondary N) is 1. The van der Waals surface area contributed by atoms with Crippen molar-refractivity contribution < 1.29 is 9.53 Å². The Labute approximate surface area is 172 Å². The van der Waals surface area contributed by atoms with E-state index >= 15 is 0 Å². The molecule has 3 rings (SSSR count). The number of nitrogen functional groups attached to an aromatic ring is 1. The lowest BCUT2D eigenvalue weighted by Gasteiger charge is -2.26. The number of anilines is 1. The monoisotopic (exact) mass is 412 g/mol. The van der Waals surface area contributed by atoms with Crippen LogP contribution in [0.2, 0.25) is 0 Å². The van der Waals surface area contributed by atoms with Crippen LogP contribution in [0.5, 0.6) is 0 Å². The van der Waals surface area contributed by atoms with Crippen molar-refractivity contribution in [2.45, 2.75) is 19.5 Å². The number of nitrogens with two attached hydrogens (primary N) is 1. The van der Waals surface area contributed by atoms with Gasteiger partial charge in [-0.1, -0.05) is 24.3 Å². The van der Waals surface area contributed by atoms with E-state index in [-0.39, 0.29) is 37.1 Å². The molecule has 6 nitrogen and oxygen atoms in total. The zero-order valence-electron chi connectivity index (χ0n) is 15.1. The number of benzene rings is 1. The number of carbonyl (C=O) groups is 1. The fraction of sp³-hybridized carbons (Fsp3) is 0.368. The zero-order valence-corrected chi connectivity index (χ0v) is 16.7. The van der Waals surface area contributed by atoms with Crippen molar-refractivity contribution in [1.29, 1.82) is 0 Å². The lowest BCUT2D eigenvalue weighted by Crippen LogP contribution is -2.35. The van der Waals surface area contributed by atoms with Crippen LogP contribution >= 0.6 is 24.8 Å². The molecule has 0 bridgehead atoms. The maximum Gasteiger partial charge on any atom is 0.226 e. The first-order valence-corrected chi connectivity index (χ1v) is 8.54. The van der Waals surface area contributed by atoms with Crippen molar-refractivity contribution in [3.05, 3.63) is 59.4 Å². The van der Waals surface area contributed by atoms with Gasteiger partial charge in [0.1, 0.15) is 0 Å². The highest BCUT2D eigenvalue weighted by atomic mass is 35.5. The molecule has 1 aromatic heterocycles. The summed E-state index contributed by atoms with van der Waals surface area (Å²) in [4.78, 5) is 18.5. The number of hydrogen-bond acceptors (Lipinski definition) is 5. The van der Waals surface area contributed by atoms with E-state index < -0.39 is 0 Å². The van der Waals surface area contributed by atoms with E-state index in [9.17, 15) is 4.79 Å². The molecule has 2 aromatic rings. The minimum absolute atomic E-state index is 0. The highest BCUT2D eigenvalue weighted by molar-refractivity contribution is 5.85. The summed E-state index contributed by atoms with van der Waals surface area (Å²) in [5, 5.41) is 2.93. The number of ether oxygens (including phenoxy) is 1. The third-order valence-corrected chi connectivity index (χ3v) is 4.21. The molecule has 0 radical (unpaired) electrons. The first-order valence-electron chi connectivity index (χ1n) is 8.54. The van der Waals surface area contributed by atoms with Gasteiger partial charge in [-0.25, -0.2) is 0 Å². The number of amides is 1. The van der Waals surface area contributed by atoms with E-state index in [1.807, 2.05) is 0 Å². The highest BCUT2D eigenvalue weighted by Gasteiger charge is 2.10. The molecule has 27 heavy (non-hydrogen) atoms. The summed E-state index contributed by atoms with van der Waals surface area (Å²) >= 11 is 0. The molecule has 2 heterocycles. The van der Waals surface area contributed by atoms with Crippen molar-refractivity contribution in [3.63, 3.8) is 0 Å². The molecule has 1 aromatic carbocycles. The van der Waals surface area contributed by atoms with Crippen LogP contribution in [0.15, 0.2) is 42.6 Å². The summed E-state index contributed by atoms with van der Waals surface area (Å²) < 4.78 is 5.37. The summed E-state index contributed by atoms with van der Waals surface area (Å²) in [7, 11) is 0. The van der Waals surface area contributed by atoms with Gasteiger partial charge in [0.05, 0.1) is 31.5 Å². The zero-order chi connectivity index (χ0) is 17.5. The largest absolute Gasteiger partial charge is 0.397 e. The number of nitrogens with zero attached hydrogens (tertiary/aromatic N) is 2. The summed E-state index contributed by atoms with van der Waals surface area (Å²) in [5.74, 6) is -0.0466. The minimum atomic E-state index is -0.0466. The molecule has 1 fully saturated rings. The lowest BCUT2D eigenvalue weighted by molar-refractivity contribution is -0.120. The van der Waals surface area contributed by atoms with Crippen LogP contribution in [0.4, 0.5) is 5.69 Å². The Hall–Kier alpha value is -1.86. The average molecular weight is 413 g/mol. The predicted molar refractivity (Wildman–Crippen MR) is 111 cm³/mol. The normalized spacial score (nSPS) is 13.9. The first kappa shape index (κ1) is 23.2. The Morgan fingerprint density at radius 1 is 1.07 bits per heavy atom. The van der Waals surface area contributed by atoms with Crippen LogP contribution in [-0.2, 0) is 29.0 Å². The topological polar surface area (TPSA) is 80.5 Å². The van der Waals surface area contributed by atoms with Gasteiger partial charge in [-0.3, -0.25) is 14.7 Å². The molecule has 0 unspecified atom stereocenters. The van der Waals surface area contributed by atoms with Gasteiger partial charge < -0.3 is 15.8 Å². The highest BCUT2D eigenvalue weighted by Crippen LogP contribution is 2.09. The van der Waals surface area contributed by atoms with E-state index in [0.717, 1.165) is 38.4 Å². The van der Waals surface area contributed by atoms with Gasteiger partial charge in [0.15, 0.2) is 0 Å². The van der Waals surface area contributed by atoms with Gasteiger partial charge in [-0.2, -0.15) is 0 Å².